The number of benzene rings is 7. The smallest absolute Gasteiger partial charge is 0.137 e. The quantitative estimate of drug-likeness (QED) is 0.160. The van der Waals surface area contributed by atoms with Gasteiger partial charge in [-0.1, -0.05) is 182 Å². The maximum Gasteiger partial charge on any atom is 0.137 e. The molecular weight excluding hydrogens is 765 g/mol. The molecule has 0 radical (unpaired) electrons. The second-order valence-electron chi connectivity index (χ2n) is 18.8. The van der Waals surface area contributed by atoms with Gasteiger partial charge in [-0.05, 0) is 92.7 Å². The van der Waals surface area contributed by atoms with Crippen LogP contribution in [-0.4, -0.2) is 16.2 Å². The van der Waals surface area contributed by atoms with E-state index in [0.717, 1.165) is 33.6 Å². The van der Waals surface area contributed by atoms with Crippen molar-refractivity contribution in [2.45, 2.75) is 71.6 Å². The van der Waals surface area contributed by atoms with Crippen LogP contribution in [0.15, 0.2) is 182 Å². The molecule has 2 aromatic heterocycles. The van der Waals surface area contributed by atoms with Gasteiger partial charge in [-0.3, -0.25) is 4.57 Å². The third kappa shape index (κ3) is 7.08. The molecule has 3 heterocycles. The second-order valence-corrected chi connectivity index (χ2v) is 18.8. The summed E-state index contributed by atoms with van der Waals surface area (Å²) in [7, 11) is 0. The Kier molecular flexibility index (Phi) is 6.55. The largest absolute Gasteiger partial charge is 0.321 e. The summed E-state index contributed by atoms with van der Waals surface area (Å²) in [6.07, 6.45) is 1.73. The van der Waals surface area contributed by atoms with Gasteiger partial charge in [0.15, 0.2) is 0 Å². The minimum absolute atomic E-state index is 0.0850. The Balaban J connectivity index is 1.19. The molecule has 0 unspecified atom stereocenters. The van der Waals surface area contributed by atoms with Crippen molar-refractivity contribution in [2.75, 3.05) is 16.5 Å². The van der Waals surface area contributed by atoms with Gasteiger partial charge in [0.25, 0.3) is 0 Å². The summed E-state index contributed by atoms with van der Waals surface area (Å²) in [6, 6.07) is 22.8. The van der Waals surface area contributed by atoms with Crippen LogP contribution in [0.5, 0.6) is 0 Å². The van der Waals surface area contributed by atoms with Crippen molar-refractivity contribution in [3.63, 3.8) is 0 Å². The van der Waals surface area contributed by atoms with Crippen LogP contribution in [0.1, 0.15) is 96.8 Å². The monoisotopic (exact) mass is 835 g/mol. The molecule has 0 atom stereocenters. The summed E-state index contributed by atoms with van der Waals surface area (Å²) in [5.41, 5.74) is 6.15. The van der Waals surface area contributed by atoms with Crippen LogP contribution < -0.4 is 9.80 Å². The van der Waals surface area contributed by atoms with Crippen molar-refractivity contribution in [3.8, 4) is 28.1 Å². The zero-order valence-corrected chi connectivity index (χ0v) is 36.7. The number of nitrogens with zero attached hydrogens (tertiary/aromatic N) is 4. The van der Waals surface area contributed by atoms with Gasteiger partial charge >= 0.3 is 0 Å². The molecule has 1 aliphatic heterocycles. The molecule has 9 aromatic rings. The Morgan fingerprint density at radius 2 is 1.10 bits per heavy atom. The predicted molar refractivity (Wildman–Crippen MR) is 267 cm³/mol. The number of para-hydroxylation sites is 4. The van der Waals surface area contributed by atoms with E-state index in [0.29, 0.717) is 33.3 Å². The third-order valence-corrected chi connectivity index (χ3v) is 12.4. The fraction of sp³-hybridized carbons (Fsp3) is 0.203. The van der Waals surface area contributed by atoms with Gasteiger partial charge in [0, 0.05) is 39.2 Å². The van der Waals surface area contributed by atoms with Gasteiger partial charge in [0.2, 0.25) is 0 Å². The molecular formula is C59H56N4. The molecule has 0 N–H and O–H groups in total. The van der Waals surface area contributed by atoms with E-state index < -0.39 is 65.8 Å². The fourth-order valence-corrected chi connectivity index (χ4v) is 8.71. The van der Waals surface area contributed by atoms with Crippen molar-refractivity contribution in [1.82, 2.24) is 9.55 Å². The molecule has 4 nitrogen and oxygen atoms in total. The van der Waals surface area contributed by atoms with Gasteiger partial charge in [0.05, 0.1) is 47.3 Å². The molecule has 63 heavy (non-hydrogen) atoms. The summed E-state index contributed by atoms with van der Waals surface area (Å²) in [6.45, 7) is 17.1. The summed E-state index contributed by atoms with van der Waals surface area (Å²) in [4.78, 5) is 8.84. The highest BCUT2D eigenvalue weighted by Crippen LogP contribution is 2.51. The maximum atomic E-state index is 9.22. The van der Waals surface area contributed by atoms with Gasteiger partial charge in [-0.25, -0.2) is 4.98 Å². The van der Waals surface area contributed by atoms with Gasteiger partial charge in [-0.15, -0.1) is 0 Å². The lowest BCUT2D eigenvalue weighted by atomic mass is 9.75. The molecule has 0 saturated heterocycles. The van der Waals surface area contributed by atoms with E-state index in [1.165, 1.54) is 0 Å². The Hall–Kier alpha value is -6.91. The lowest BCUT2D eigenvalue weighted by molar-refractivity contribution is 0.582. The summed E-state index contributed by atoms with van der Waals surface area (Å²) >= 11 is 0. The molecule has 312 valence electrons. The van der Waals surface area contributed by atoms with Crippen LogP contribution in [0.4, 0.5) is 22.7 Å². The highest BCUT2D eigenvalue weighted by atomic mass is 15.4. The zero-order chi connectivity index (χ0) is 55.9. The molecule has 0 bridgehead atoms. The molecule has 4 heteroatoms. The zero-order valence-electron chi connectivity index (χ0n) is 50.7. The predicted octanol–water partition coefficient (Wildman–Crippen LogP) is 15.7. The van der Waals surface area contributed by atoms with Crippen LogP contribution in [0.25, 0.3) is 49.9 Å². The SMILES string of the molecule is [2H]c1c([2H])c([2H])c(-c2cccc(-c3c([2H])c([2H])c([2H])c([2H])c3[2H])c2N2CN(c3cc(C(C)(C)C)cc(C(C)(C)c4ccc5c6c([2H])c([2H])c([2H])c([2H])c6n(-c6cc(C(C)(C)C)ccn6)c5c4)c3)c3ccccc32)c([2H])c1[2H]. The Bertz CT molecular complexity index is 3840. The number of pyridine rings is 1. The van der Waals surface area contributed by atoms with Crippen LogP contribution in [-0.2, 0) is 16.2 Å². The summed E-state index contributed by atoms with van der Waals surface area (Å²) in [5, 5.41) is 1.05. The average Bonchev–Trinajstić information content (AvgIpc) is 4.05. The minimum atomic E-state index is -0.735. The van der Waals surface area contributed by atoms with E-state index >= 15 is 0 Å². The van der Waals surface area contributed by atoms with E-state index in [9.17, 15) is 1.37 Å². The van der Waals surface area contributed by atoms with E-state index in [2.05, 4.69) is 84.6 Å². The van der Waals surface area contributed by atoms with E-state index in [4.69, 9.17) is 22.8 Å². The van der Waals surface area contributed by atoms with Crippen LogP contribution in [0.2, 0.25) is 0 Å². The van der Waals surface area contributed by atoms with Crippen LogP contribution in [0.3, 0.4) is 0 Å². The van der Waals surface area contributed by atoms with E-state index in [-0.39, 0.29) is 69.6 Å². The summed E-state index contributed by atoms with van der Waals surface area (Å²) < 4.78 is 126. The Morgan fingerprint density at radius 1 is 0.492 bits per heavy atom. The van der Waals surface area contributed by atoms with Crippen molar-refractivity contribution < 1.29 is 19.2 Å². The molecule has 1 aliphatic rings. The van der Waals surface area contributed by atoms with E-state index in [1.54, 1.807) is 24.4 Å². The Labute approximate surface area is 392 Å². The van der Waals surface area contributed by atoms with Crippen molar-refractivity contribution in [1.29, 1.82) is 0 Å². The minimum Gasteiger partial charge on any atom is -0.321 e. The van der Waals surface area contributed by atoms with Crippen LogP contribution >= 0.6 is 0 Å². The summed E-state index contributed by atoms with van der Waals surface area (Å²) in [5.74, 6) is 0.523. The highest BCUT2D eigenvalue weighted by molar-refractivity contribution is 6.09. The number of aromatic nitrogens is 2. The molecule has 0 aliphatic carbocycles. The lowest BCUT2D eigenvalue weighted by Gasteiger charge is -2.32. The average molecular weight is 835 g/mol. The second kappa shape index (κ2) is 15.2. The van der Waals surface area contributed by atoms with Crippen molar-refractivity contribution in [3.05, 3.63) is 204 Å². The molecule has 0 saturated carbocycles. The molecule has 7 aromatic carbocycles. The fourth-order valence-electron chi connectivity index (χ4n) is 8.71. The number of hydrogen-bond acceptors (Lipinski definition) is 3. The molecule has 0 spiro atoms. The number of hydrogen-bond donors (Lipinski definition) is 0. The first-order chi connectivity index (χ1) is 36.1. The van der Waals surface area contributed by atoms with Gasteiger partial charge in [-0.2, -0.15) is 0 Å². The number of fused-ring (bicyclic) bond motifs is 4. The topological polar surface area (TPSA) is 24.3 Å². The van der Waals surface area contributed by atoms with Crippen molar-refractivity contribution >= 4 is 44.6 Å². The highest BCUT2D eigenvalue weighted by Gasteiger charge is 2.34. The van der Waals surface area contributed by atoms with Crippen molar-refractivity contribution in [2.24, 2.45) is 0 Å². The maximum absolute atomic E-state index is 9.22. The van der Waals surface area contributed by atoms with Crippen LogP contribution in [0, 0.1) is 0 Å². The normalized spacial score (nSPS) is 16.4. The first-order valence-electron chi connectivity index (χ1n) is 28.2. The standard InChI is InChI=1S/C59H56N4/c1-57(2,3)42-32-33-60-55(38-42)63-51-27-16-15-24-49(51)50-31-30-43(37-54(50)63)59(7,8)45-34-44(58(4,5)6)35-46(36-45)61-39-62(53-29-18-17-28-52(53)61)56-47(40-20-11-9-12-21-40)25-19-26-48(56)41-22-13-10-14-23-41/h9-38H,39H2,1-8H3/i9D,10D,11D,12D,13D,14D,15D,16D,20D,21D,22D,23D,24D,27D. The van der Waals surface area contributed by atoms with Gasteiger partial charge < -0.3 is 9.80 Å². The molecule has 0 amide bonds. The first-order valence-corrected chi connectivity index (χ1v) is 21.2. The first kappa shape index (κ1) is 27.2. The lowest BCUT2D eigenvalue weighted by Crippen LogP contribution is -2.27. The van der Waals surface area contributed by atoms with Gasteiger partial charge in [0.1, 0.15) is 12.5 Å². The number of anilines is 4. The van der Waals surface area contributed by atoms with E-state index in [1.807, 2.05) is 58.0 Å². The molecule has 10 rings (SSSR count). The Morgan fingerprint density at radius 3 is 1.75 bits per heavy atom. The molecule has 0 fully saturated rings. The number of rotatable bonds is 7. The third-order valence-electron chi connectivity index (χ3n) is 12.4.